The van der Waals surface area contributed by atoms with E-state index in [1.807, 2.05) is 62.6 Å². The Balaban J connectivity index is 1.22. The van der Waals surface area contributed by atoms with Crippen LogP contribution in [0.1, 0.15) is 86.6 Å². The van der Waals surface area contributed by atoms with Crippen LogP contribution >= 0.6 is 0 Å². The zero-order valence-electron chi connectivity index (χ0n) is 28.3. The maximum Gasteiger partial charge on any atom is 0.264 e. The van der Waals surface area contributed by atoms with Crippen molar-refractivity contribution in [2.75, 3.05) is 16.7 Å². The van der Waals surface area contributed by atoms with Gasteiger partial charge in [0.1, 0.15) is 11.9 Å². The highest BCUT2D eigenvalue weighted by molar-refractivity contribution is 7.92. The van der Waals surface area contributed by atoms with Gasteiger partial charge in [0.25, 0.3) is 10.0 Å². The van der Waals surface area contributed by atoms with Crippen LogP contribution in [0, 0.1) is 31.1 Å². The molecule has 1 aliphatic heterocycles. The minimum Gasteiger partial charge on any atom is -0.474 e. The Bertz CT molecular complexity index is 1970. The number of benzene rings is 2. The second-order valence-electron chi connectivity index (χ2n) is 15.0. The quantitative estimate of drug-likeness (QED) is 0.235. The van der Waals surface area contributed by atoms with Crippen LogP contribution in [0.4, 0.5) is 11.8 Å². The standard InChI is InChI=1S/C38H44N6O3S/c1-22(2)34-31-13-12-28(30-20-39-21-32(40-30)44(5)26-18-38(19-26)14-15-38)36(34)25-10-7-11-27(16-25)48(45,46)43-37-41-29(17-33(42-37)47-31)35-23(3)8-6-9-24(35)4/h6-11,16-17,20-22,26,28,31,34,36H,12-15,18-19H2,1-5H3,(H,41,42,43). The molecular weight excluding hydrogens is 621 g/mol. The molecule has 250 valence electrons. The van der Waals surface area contributed by atoms with Crippen molar-refractivity contribution < 1.29 is 13.2 Å². The molecule has 3 saturated carbocycles. The lowest BCUT2D eigenvalue weighted by molar-refractivity contribution is 0.0366. The number of fused-ring (bicyclic) bond motifs is 7. The number of hydrogen-bond donors (Lipinski definition) is 1. The number of aromatic nitrogens is 4. The molecule has 2 aromatic carbocycles. The zero-order chi connectivity index (χ0) is 33.4. The van der Waals surface area contributed by atoms with Crippen molar-refractivity contribution in [2.45, 2.75) is 95.1 Å². The SMILES string of the molecule is Cc1cccc(C)c1-c1cc2nc(n1)NS(=O)(=O)c1cccc(c1)C1C(c3cncc(N(C)C4CC5(CC5)C4)n3)CCC(O2)C1C(C)C. The van der Waals surface area contributed by atoms with Gasteiger partial charge in [0, 0.05) is 42.8 Å². The molecule has 1 N–H and O–H groups in total. The fraction of sp³-hybridized carbons (Fsp3) is 0.474. The molecule has 10 heteroatoms. The number of ether oxygens (including phenoxy) is 1. The van der Waals surface area contributed by atoms with Crippen molar-refractivity contribution in [3.63, 3.8) is 0 Å². The van der Waals surface area contributed by atoms with Gasteiger partial charge in [-0.15, -0.1) is 0 Å². The first-order valence-electron chi connectivity index (χ1n) is 17.3. The lowest BCUT2D eigenvalue weighted by atomic mass is 9.63. The van der Waals surface area contributed by atoms with Gasteiger partial charge in [-0.1, -0.05) is 44.2 Å². The Morgan fingerprint density at radius 3 is 2.44 bits per heavy atom. The molecule has 4 aliphatic rings. The van der Waals surface area contributed by atoms with Gasteiger partial charge in [-0.3, -0.25) is 4.98 Å². The van der Waals surface area contributed by atoms with Crippen LogP contribution in [0.25, 0.3) is 11.3 Å². The summed E-state index contributed by atoms with van der Waals surface area (Å²) in [6.07, 6.45) is 10.5. The molecule has 0 radical (unpaired) electrons. The maximum atomic E-state index is 13.9. The van der Waals surface area contributed by atoms with Crippen LogP contribution in [-0.2, 0) is 10.0 Å². The summed E-state index contributed by atoms with van der Waals surface area (Å²) in [5.74, 6) is 1.55. The number of nitrogens with zero attached hydrogens (tertiary/aromatic N) is 5. The van der Waals surface area contributed by atoms with Gasteiger partial charge in [-0.25, -0.2) is 23.1 Å². The van der Waals surface area contributed by atoms with Crippen LogP contribution in [0.3, 0.4) is 0 Å². The van der Waals surface area contributed by atoms with Crippen LogP contribution in [0.15, 0.2) is 65.8 Å². The van der Waals surface area contributed by atoms with E-state index >= 15 is 0 Å². The maximum absolute atomic E-state index is 13.9. The van der Waals surface area contributed by atoms with Crippen molar-refractivity contribution in [2.24, 2.45) is 17.3 Å². The van der Waals surface area contributed by atoms with E-state index in [9.17, 15) is 8.42 Å². The van der Waals surface area contributed by atoms with E-state index < -0.39 is 10.0 Å². The van der Waals surface area contributed by atoms with Crippen LogP contribution in [-0.4, -0.2) is 47.5 Å². The van der Waals surface area contributed by atoms with Crippen LogP contribution < -0.4 is 14.4 Å². The van der Waals surface area contributed by atoms with Crippen LogP contribution in [0.2, 0.25) is 0 Å². The predicted octanol–water partition coefficient (Wildman–Crippen LogP) is 7.42. The number of hydrogen-bond acceptors (Lipinski definition) is 8. The first kappa shape index (κ1) is 31.2. The Kier molecular flexibility index (Phi) is 7.50. The molecule has 8 rings (SSSR count). The molecule has 2 aromatic heterocycles. The molecule has 9 nitrogen and oxygen atoms in total. The summed E-state index contributed by atoms with van der Waals surface area (Å²) in [6, 6.07) is 15.8. The summed E-state index contributed by atoms with van der Waals surface area (Å²) in [5.41, 5.74) is 6.17. The van der Waals surface area contributed by atoms with Gasteiger partial charge in [-0.05, 0) is 98.4 Å². The molecule has 4 unspecified atom stereocenters. The second-order valence-corrected chi connectivity index (χ2v) is 16.7. The minimum atomic E-state index is -4.01. The third-order valence-corrected chi connectivity index (χ3v) is 12.9. The van der Waals surface area contributed by atoms with Gasteiger partial charge in [0.05, 0.1) is 22.5 Å². The molecule has 0 amide bonds. The number of sulfonamides is 1. The third kappa shape index (κ3) is 5.51. The van der Waals surface area contributed by atoms with Gasteiger partial charge < -0.3 is 9.64 Å². The zero-order valence-corrected chi connectivity index (χ0v) is 29.2. The first-order chi connectivity index (χ1) is 23.0. The summed E-state index contributed by atoms with van der Waals surface area (Å²) in [6.45, 7) is 8.53. The van der Waals surface area contributed by atoms with Crippen molar-refractivity contribution >= 4 is 21.8 Å². The normalized spacial score (nSPS) is 26.3. The van der Waals surface area contributed by atoms with E-state index in [-0.39, 0.29) is 40.6 Å². The molecule has 3 aliphatic carbocycles. The van der Waals surface area contributed by atoms with Crippen molar-refractivity contribution in [1.29, 1.82) is 0 Å². The first-order valence-corrected chi connectivity index (χ1v) is 18.8. The number of aryl methyl sites for hydroxylation is 2. The molecule has 3 heterocycles. The summed E-state index contributed by atoms with van der Waals surface area (Å²) in [5, 5.41) is 0. The highest BCUT2D eigenvalue weighted by Crippen LogP contribution is 2.62. The topological polar surface area (TPSA) is 110 Å². The third-order valence-electron chi connectivity index (χ3n) is 11.5. The van der Waals surface area contributed by atoms with Crippen LogP contribution in [0.5, 0.6) is 5.88 Å². The lowest BCUT2D eigenvalue weighted by Gasteiger charge is -2.45. The van der Waals surface area contributed by atoms with Crippen molar-refractivity contribution in [3.05, 3.63) is 83.3 Å². The molecular formula is C38H44N6O3S. The summed E-state index contributed by atoms with van der Waals surface area (Å²) < 4.78 is 37.4. The van der Waals surface area contributed by atoms with Gasteiger partial charge in [0.2, 0.25) is 11.8 Å². The number of anilines is 2. The molecule has 4 atom stereocenters. The Labute approximate surface area is 283 Å². The van der Waals surface area contributed by atoms with Crippen molar-refractivity contribution in [3.8, 4) is 17.1 Å². The molecule has 1 spiro atoms. The summed E-state index contributed by atoms with van der Waals surface area (Å²) in [7, 11) is -1.86. The molecule has 4 aromatic rings. The van der Waals surface area contributed by atoms with E-state index in [2.05, 4.69) is 41.6 Å². The summed E-state index contributed by atoms with van der Waals surface area (Å²) in [4.78, 5) is 21.8. The Hall–Kier alpha value is -4.05. The van der Waals surface area contributed by atoms with Crippen molar-refractivity contribution in [1.82, 2.24) is 19.9 Å². The average molecular weight is 665 g/mol. The monoisotopic (exact) mass is 664 g/mol. The smallest absolute Gasteiger partial charge is 0.264 e. The van der Waals surface area contributed by atoms with Gasteiger partial charge in [0.15, 0.2) is 0 Å². The van der Waals surface area contributed by atoms with Gasteiger partial charge >= 0.3 is 0 Å². The molecule has 6 bridgehead atoms. The fourth-order valence-corrected chi connectivity index (χ4v) is 9.79. The predicted molar refractivity (Wildman–Crippen MR) is 187 cm³/mol. The van der Waals surface area contributed by atoms with E-state index in [1.54, 1.807) is 6.07 Å². The highest BCUT2D eigenvalue weighted by Gasteiger charge is 2.54. The second kappa shape index (κ2) is 11.5. The lowest BCUT2D eigenvalue weighted by Crippen LogP contribution is -2.44. The summed E-state index contributed by atoms with van der Waals surface area (Å²) >= 11 is 0. The van der Waals surface area contributed by atoms with E-state index in [0.29, 0.717) is 23.0 Å². The minimum absolute atomic E-state index is 0.00209. The average Bonchev–Trinajstić information content (AvgIpc) is 3.85. The molecule has 48 heavy (non-hydrogen) atoms. The van der Waals surface area contributed by atoms with Gasteiger partial charge in [-0.2, -0.15) is 4.98 Å². The van der Waals surface area contributed by atoms with E-state index in [4.69, 9.17) is 19.7 Å². The van der Waals surface area contributed by atoms with E-state index in [0.717, 1.165) is 46.6 Å². The Morgan fingerprint density at radius 1 is 0.958 bits per heavy atom. The van der Waals surface area contributed by atoms with E-state index in [1.165, 1.54) is 25.7 Å². The largest absolute Gasteiger partial charge is 0.474 e. The number of nitrogens with one attached hydrogen (secondary N) is 1. The number of rotatable bonds is 5. The highest BCUT2D eigenvalue weighted by atomic mass is 32.2. The fourth-order valence-electron chi connectivity index (χ4n) is 8.79. The molecule has 3 fully saturated rings. The Morgan fingerprint density at radius 2 is 1.71 bits per heavy atom. The molecule has 0 saturated heterocycles.